The fraction of sp³-hybridized carbons (Fsp3) is 0.125. The van der Waals surface area contributed by atoms with Crippen molar-refractivity contribution in [1.82, 2.24) is 14.6 Å². The number of nitrogens with two attached hydrogens (primary N) is 1. The minimum Gasteiger partial charge on any atom is -0.313 e. The molecule has 5 nitrogen and oxygen atoms in total. The third-order valence-corrected chi connectivity index (χ3v) is 3.87. The minimum atomic E-state index is 0.699. The lowest BCUT2D eigenvalue weighted by molar-refractivity contribution is 1.06. The summed E-state index contributed by atoms with van der Waals surface area (Å²) in [7, 11) is 0. The van der Waals surface area contributed by atoms with E-state index in [2.05, 4.69) is 35.9 Å². The van der Waals surface area contributed by atoms with E-state index in [0.717, 1.165) is 20.2 Å². The van der Waals surface area contributed by atoms with E-state index < -0.39 is 0 Å². The highest BCUT2D eigenvalue weighted by molar-refractivity contribution is 9.10. The first kappa shape index (κ1) is 11.8. The molecule has 0 saturated heterocycles. The van der Waals surface area contributed by atoms with Crippen LogP contribution in [0.3, 0.4) is 0 Å². The summed E-state index contributed by atoms with van der Waals surface area (Å²) in [6.45, 7) is 0. The lowest BCUT2D eigenvalue weighted by atomic mass is 10.5. The molecule has 0 aliphatic rings. The van der Waals surface area contributed by atoms with Crippen LogP contribution in [-0.2, 0) is 5.75 Å². The molecule has 0 bridgehead atoms. The van der Waals surface area contributed by atoms with E-state index in [0.29, 0.717) is 5.75 Å². The van der Waals surface area contributed by atoms with E-state index in [1.807, 2.05) is 12.1 Å². The summed E-state index contributed by atoms with van der Waals surface area (Å²) in [5.41, 5.74) is 3.42. The second kappa shape index (κ2) is 5.58. The number of thioether (sulfide) groups is 1. The van der Waals surface area contributed by atoms with Crippen LogP contribution in [0.15, 0.2) is 27.8 Å². The maximum absolute atomic E-state index is 5.33. The Morgan fingerprint density at radius 1 is 1.50 bits per heavy atom. The first-order chi connectivity index (χ1) is 7.79. The first-order valence-electron chi connectivity index (χ1n) is 4.32. The van der Waals surface area contributed by atoms with Gasteiger partial charge >= 0.3 is 0 Å². The third kappa shape index (κ3) is 2.91. The molecule has 0 saturated carbocycles. The van der Waals surface area contributed by atoms with Gasteiger partial charge in [0.25, 0.3) is 0 Å². The van der Waals surface area contributed by atoms with Crippen LogP contribution in [0.2, 0.25) is 0 Å². The highest BCUT2D eigenvalue weighted by atomic mass is 79.9. The van der Waals surface area contributed by atoms with E-state index in [-0.39, 0.29) is 0 Å². The second-order valence-electron chi connectivity index (χ2n) is 2.80. The Balaban J connectivity index is 1.99. The zero-order valence-corrected chi connectivity index (χ0v) is 11.3. The molecule has 2 rings (SSSR count). The molecule has 0 radical (unpaired) electrons. The van der Waals surface area contributed by atoms with Crippen molar-refractivity contribution < 1.29 is 0 Å². The highest BCUT2D eigenvalue weighted by Gasteiger charge is 2.07. The second-order valence-corrected chi connectivity index (χ2v) is 5.46. The fourth-order valence-corrected chi connectivity index (χ4v) is 2.60. The van der Waals surface area contributed by atoms with Gasteiger partial charge in [-0.05, 0) is 28.1 Å². The lowest BCUT2D eigenvalue weighted by Gasteiger charge is -2.00. The number of nitrogens with one attached hydrogen (secondary N) is 1. The summed E-state index contributed by atoms with van der Waals surface area (Å²) in [5, 5.41) is 5.73. The molecule has 0 fully saturated rings. The summed E-state index contributed by atoms with van der Waals surface area (Å²) >= 11 is 6.18. The average Bonchev–Trinajstić information content (AvgIpc) is 2.76. The molecule has 3 N–H and O–H groups in total. The van der Waals surface area contributed by atoms with E-state index in [1.165, 1.54) is 11.5 Å². The van der Waals surface area contributed by atoms with Crippen LogP contribution in [0.4, 0.5) is 5.00 Å². The molecular weight excluding hydrogens is 310 g/mol. The summed E-state index contributed by atoms with van der Waals surface area (Å²) in [6, 6.07) is 3.90. The average molecular weight is 318 g/mol. The van der Waals surface area contributed by atoms with Crippen LogP contribution in [0.1, 0.15) is 5.69 Å². The first-order valence-corrected chi connectivity index (χ1v) is 6.87. The number of hydrogen-bond acceptors (Lipinski definition) is 7. The van der Waals surface area contributed by atoms with E-state index in [4.69, 9.17) is 5.84 Å². The number of nitrogen functional groups attached to an aromatic ring is 1. The van der Waals surface area contributed by atoms with Crippen molar-refractivity contribution in [1.29, 1.82) is 0 Å². The number of pyridine rings is 1. The lowest BCUT2D eigenvalue weighted by Crippen LogP contribution is -2.06. The topological polar surface area (TPSA) is 76.7 Å². The number of halogens is 1. The number of aromatic nitrogens is 3. The fourth-order valence-electron chi connectivity index (χ4n) is 1.00. The van der Waals surface area contributed by atoms with E-state index in [9.17, 15) is 0 Å². The van der Waals surface area contributed by atoms with Gasteiger partial charge in [-0.3, -0.25) is 0 Å². The molecular formula is C8H8BrN5S2. The Bertz CT molecular complexity index is 458. The van der Waals surface area contributed by atoms with Gasteiger partial charge in [-0.25, -0.2) is 10.8 Å². The van der Waals surface area contributed by atoms with Gasteiger partial charge in [0.1, 0.15) is 10.7 Å². The van der Waals surface area contributed by atoms with Crippen molar-refractivity contribution in [2.24, 2.45) is 5.84 Å². The number of rotatable bonds is 4. The standard InChI is InChI=1S/C8H8BrN5S2/c9-5-1-2-7(11-3-5)15-4-6-8(12-10)16-14-13-6/h1-3,12H,4,10H2. The molecule has 2 aromatic rings. The van der Waals surface area contributed by atoms with Gasteiger partial charge in [0.05, 0.1) is 5.03 Å². The SMILES string of the molecule is NNc1snnc1CSc1ccc(Br)cn1. The molecule has 2 aromatic heterocycles. The Morgan fingerprint density at radius 2 is 2.38 bits per heavy atom. The molecule has 0 aromatic carbocycles. The number of anilines is 1. The van der Waals surface area contributed by atoms with Crippen molar-refractivity contribution in [3.8, 4) is 0 Å². The highest BCUT2D eigenvalue weighted by Crippen LogP contribution is 2.25. The molecule has 0 spiro atoms. The van der Waals surface area contributed by atoms with Crippen LogP contribution < -0.4 is 11.3 Å². The molecule has 0 aliphatic carbocycles. The normalized spacial score (nSPS) is 10.4. The molecule has 8 heteroatoms. The summed E-state index contributed by atoms with van der Waals surface area (Å²) < 4.78 is 4.80. The molecule has 0 aliphatic heterocycles. The van der Waals surface area contributed by atoms with Gasteiger partial charge in [0.15, 0.2) is 0 Å². The van der Waals surface area contributed by atoms with Crippen molar-refractivity contribution in [2.45, 2.75) is 10.8 Å². The molecule has 0 unspecified atom stereocenters. The number of nitrogens with zero attached hydrogens (tertiary/aromatic N) is 3. The quantitative estimate of drug-likeness (QED) is 0.512. The Labute approximate surface area is 109 Å². The van der Waals surface area contributed by atoms with Gasteiger partial charge in [0, 0.05) is 28.0 Å². The van der Waals surface area contributed by atoms with E-state index in [1.54, 1.807) is 18.0 Å². The van der Waals surface area contributed by atoms with Gasteiger partial charge in [-0.15, -0.1) is 5.10 Å². The van der Waals surface area contributed by atoms with Gasteiger partial charge < -0.3 is 5.43 Å². The van der Waals surface area contributed by atoms with Crippen molar-refractivity contribution in [2.75, 3.05) is 5.43 Å². The summed E-state index contributed by atoms with van der Waals surface area (Å²) in [5.74, 6) is 6.03. The predicted octanol–water partition coefficient (Wildman–Crippen LogP) is 2.27. The smallest absolute Gasteiger partial charge is 0.148 e. The Morgan fingerprint density at radius 3 is 3.06 bits per heavy atom. The van der Waals surface area contributed by atoms with Crippen molar-refractivity contribution in [3.05, 3.63) is 28.5 Å². The van der Waals surface area contributed by atoms with Crippen LogP contribution >= 0.6 is 39.2 Å². The largest absolute Gasteiger partial charge is 0.313 e. The number of hydrogen-bond donors (Lipinski definition) is 2. The van der Waals surface area contributed by atoms with Crippen molar-refractivity contribution >= 4 is 44.2 Å². The van der Waals surface area contributed by atoms with Crippen molar-refractivity contribution in [3.63, 3.8) is 0 Å². The van der Waals surface area contributed by atoms with Crippen LogP contribution in [0.25, 0.3) is 0 Å². The van der Waals surface area contributed by atoms with Gasteiger partial charge in [-0.1, -0.05) is 16.3 Å². The molecule has 84 valence electrons. The molecule has 0 amide bonds. The molecule has 0 atom stereocenters. The maximum Gasteiger partial charge on any atom is 0.148 e. The predicted molar refractivity (Wildman–Crippen MR) is 69.2 cm³/mol. The zero-order valence-electron chi connectivity index (χ0n) is 8.05. The van der Waals surface area contributed by atoms with Crippen LogP contribution in [0, 0.1) is 0 Å². The van der Waals surface area contributed by atoms with Gasteiger partial charge in [0.2, 0.25) is 0 Å². The zero-order chi connectivity index (χ0) is 11.4. The summed E-state index contributed by atoms with van der Waals surface area (Å²) in [4.78, 5) is 4.25. The maximum atomic E-state index is 5.33. The van der Waals surface area contributed by atoms with Gasteiger partial charge in [-0.2, -0.15) is 0 Å². The minimum absolute atomic E-state index is 0.699. The Kier molecular flexibility index (Phi) is 4.10. The van der Waals surface area contributed by atoms with E-state index >= 15 is 0 Å². The summed E-state index contributed by atoms with van der Waals surface area (Å²) in [6.07, 6.45) is 1.77. The Hall–Kier alpha value is -0.700. The monoisotopic (exact) mass is 317 g/mol. The molecule has 16 heavy (non-hydrogen) atoms. The van der Waals surface area contributed by atoms with Crippen LogP contribution in [-0.4, -0.2) is 14.6 Å². The number of hydrazine groups is 1. The molecule has 2 heterocycles. The van der Waals surface area contributed by atoms with Crippen LogP contribution in [0.5, 0.6) is 0 Å². The third-order valence-electron chi connectivity index (χ3n) is 1.74.